The van der Waals surface area contributed by atoms with Crippen molar-refractivity contribution < 1.29 is 34.8 Å². The zero-order valence-corrected chi connectivity index (χ0v) is 37.9. The first-order valence-electron chi connectivity index (χ1n) is 21.6. The summed E-state index contributed by atoms with van der Waals surface area (Å²) in [6, 6.07) is 66.6. The van der Waals surface area contributed by atoms with Gasteiger partial charge in [0.05, 0.1) is 16.7 Å². The van der Waals surface area contributed by atoms with Gasteiger partial charge in [-0.2, -0.15) is 18.2 Å². The Morgan fingerprint density at radius 3 is 2.08 bits per heavy atom. The predicted molar refractivity (Wildman–Crippen MR) is 256 cm³/mol. The number of benzene rings is 8. The third-order valence-electron chi connectivity index (χ3n) is 12.7. The maximum atomic E-state index is 6.73. The van der Waals surface area contributed by atoms with Gasteiger partial charge in [0.1, 0.15) is 17.0 Å². The second-order valence-corrected chi connectivity index (χ2v) is 17.6. The number of rotatable bonds is 4. The van der Waals surface area contributed by atoms with Crippen molar-refractivity contribution in [3.05, 3.63) is 200 Å². The fourth-order valence-corrected chi connectivity index (χ4v) is 9.79. The number of aromatic nitrogens is 4. The standard InChI is InChI=1S/C58H38N4O2.Pt/c1-58(2,3)36-29-30-59-54(31-36)62-49-25-12-9-21-44(49)45-28-27-39(33-50(45)62)63-38-16-14-15-37(32-38)60-35-61-48-24-11-8-20-43(48)41-18-5-4-17-40(41)42-19-6-7-22-46(42)56-55-47-23-10-13-26-52(47)64-53(55)34-51(60)57(56)61;/h4-31,34H,1-3H3;/q-2;. The Labute approximate surface area is 389 Å². The van der Waals surface area contributed by atoms with Crippen LogP contribution < -0.4 is 9.30 Å². The first-order chi connectivity index (χ1) is 31.4. The molecule has 0 fully saturated rings. The molecule has 8 aromatic carbocycles. The van der Waals surface area contributed by atoms with Crippen molar-refractivity contribution in [2.45, 2.75) is 26.2 Å². The number of hydrogen-bond acceptors (Lipinski definition) is 3. The SMILES string of the molecule is CC(C)(C)c1ccnc(-n2c3[c-]c(Oc4[c-]c(-n5[c-][n+]6c7c(c8c(cc75)oc5ccccc58)-c5ccccc5-c5ccccc5-c5ccccc5-6)ccc4)ccc3c3ccccc32)c1.[Pt]. The molecule has 0 spiro atoms. The molecule has 314 valence electrons. The smallest absolute Gasteiger partial charge is 0.268 e. The summed E-state index contributed by atoms with van der Waals surface area (Å²) in [5, 5.41) is 4.34. The van der Waals surface area contributed by atoms with Gasteiger partial charge in [-0.1, -0.05) is 129 Å². The molecule has 0 unspecified atom stereocenters. The quantitative estimate of drug-likeness (QED) is 0.130. The zero-order valence-electron chi connectivity index (χ0n) is 35.7. The van der Waals surface area contributed by atoms with Crippen LogP contribution in [-0.4, -0.2) is 14.1 Å². The molecule has 0 saturated carbocycles. The minimum absolute atomic E-state index is 0. The number of para-hydroxylation sites is 3. The molecular weight excluding hydrogens is 980 g/mol. The fourth-order valence-electron chi connectivity index (χ4n) is 9.79. The molecule has 4 aromatic heterocycles. The largest absolute Gasteiger partial charge is 0.510 e. The molecule has 65 heavy (non-hydrogen) atoms. The van der Waals surface area contributed by atoms with E-state index in [1.54, 1.807) is 0 Å². The Morgan fingerprint density at radius 1 is 0.585 bits per heavy atom. The van der Waals surface area contributed by atoms with Crippen LogP contribution in [0.5, 0.6) is 11.5 Å². The summed E-state index contributed by atoms with van der Waals surface area (Å²) in [6.45, 7) is 6.67. The van der Waals surface area contributed by atoms with Gasteiger partial charge in [0.25, 0.3) is 6.33 Å². The normalized spacial score (nSPS) is 12.1. The van der Waals surface area contributed by atoms with E-state index in [0.29, 0.717) is 11.5 Å². The Kier molecular flexibility index (Phi) is 8.88. The second-order valence-electron chi connectivity index (χ2n) is 17.6. The molecular formula is C58H38N4O2Pt-2. The maximum absolute atomic E-state index is 6.73. The van der Waals surface area contributed by atoms with Crippen LogP contribution in [0.15, 0.2) is 180 Å². The molecule has 1 aliphatic heterocycles. The fraction of sp³-hybridized carbons (Fsp3) is 0.0690. The van der Waals surface area contributed by atoms with E-state index in [-0.39, 0.29) is 26.5 Å². The van der Waals surface area contributed by atoms with Gasteiger partial charge in [0, 0.05) is 60.6 Å². The van der Waals surface area contributed by atoms with Crippen LogP contribution in [0.25, 0.3) is 105 Å². The molecule has 1 aliphatic rings. The molecule has 0 atom stereocenters. The van der Waals surface area contributed by atoms with Crippen LogP contribution >= 0.6 is 0 Å². The van der Waals surface area contributed by atoms with Crippen molar-refractivity contribution in [2.24, 2.45) is 0 Å². The number of hydrogen-bond donors (Lipinski definition) is 0. The predicted octanol–water partition coefficient (Wildman–Crippen LogP) is 14.1. The van der Waals surface area contributed by atoms with Crippen LogP contribution in [-0.2, 0) is 26.5 Å². The second kappa shape index (κ2) is 14.8. The molecule has 0 N–H and O–H groups in total. The average Bonchev–Trinajstić information content (AvgIpc) is 4.00. The topological polar surface area (TPSA) is 49.0 Å². The Balaban J connectivity index is 0.00000444. The Morgan fingerprint density at radius 2 is 1.26 bits per heavy atom. The van der Waals surface area contributed by atoms with Gasteiger partial charge in [0.15, 0.2) is 0 Å². The van der Waals surface area contributed by atoms with E-state index in [1.165, 1.54) is 11.1 Å². The molecule has 0 aliphatic carbocycles. The molecule has 0 saturated heterocycles. The first-order valence-corrected chi connectivity index (χ1v) is 21.6. The molecule has 0 amide bonds. The number of imidazole rings is 1. The van der Waals surface area contributed by atoms with Gasteiger partial charge in [-0.3, -0.25) is 4.57 Å². The van der Waals surface area contributed by atoms with E-state index in [2.05, 4.69) is 199 Å². The van der Waals surface area contributed by atoms with E-state index in [4.69, 9.17) is 14.1 Å². The number of pyridine rings is 1. The third-order valence-corrected chi connectivity index (χ3v) is 12.7. The van der Waals surface area contributed by atoms with Gasteiger partial charge in [0.2, 0.25) is 0 Å². The van der Waals surface area contributed by atoms with Crippen molar-refractivity contribution in [2.75, 3.05) is 0 Å². The summed E-state index contributed by atoms with van der Waals surface area (Å²) >= 11 is 0. The van der Waals surface area contributed by atoms with Gasteiger partial charge >= 0.3 is 0 Å². The summed E-state index contributed by atoms with van der Waals surface area (Å²) in [6.07, 6.45) is 5.73. The monoisotopic (exact) mass is 1020 g/mol. The average molecular weight is 1020 g/mol. The van der Waals surface area contributed by atoms with Crippen molar-refractivity contribution >= 4 is 54.8 Å². The molecule has 6 nitrogen and oxygen atoms in total. The minimum Gasteiger partial charge on any atom is -0.510 e. The molecule has 5 heterocycles. The van der Waals surface area contributed by atoms with Crippen LogP contribution in [0.4, 0.5) is 0 Å². The number of nitrogens with zero attached hydrogens (tertiary/aromatic N) is 4. The Hall–Kier alpha value is -7.53. The third kappa shape index (κ3) is 6.05. The Bertz CT molecular complexity index is 3890. The van der Waals surface area contributed by atoms with Crippen LogP contribution in [0, 0.1) is 18.5 Å². The van der Waals surface area contributed by atoms with Gasteiger partial charge in [-0.05, 0) is 86.3 Å². The van der Waals surface area contributed by atoms with E-state index in [9.17, 15) is 0 Å². The van der Waals surface area contributed by atoms with Crippen LogP contribution in [0.2, 0.25) is 0 Å². The first kappa shape index (κ1) is 39.1. The molecule has 12 aromatic rings. The van der Waals surface area contributed by atoms with Crippen molar-refractivity contribution in [3.8, 4) is 62.1 Å². The van der Waals surface area contributed by atoms with Crippen molar-refractivity contribution in [1.82, 2.24) is 14.1 Å². The van der Waals surface area contributed by atoms with Crippen molar-refractivity contribution in [1.29, 1.82) is 0 Å². The molecule has 0 radical (unpaired) electrons. The van der Waals surface area contributed by atoms with Crippen LogP contribution in [0.1, 0.15) is 26.3 Å². The summed E-state index contributed by atoms with van der Waals surface area (Å²) in [5.74, 6) is 1.97. The van der Waals surface area contributed by atoms with Gasteiger partial charge in [-0.25, -0.2) is 4.98 Å². The minimum atomic E-state index is -0.0363. The number of furan rings is 1. The summed E-state index contributed by atoms with van der Waals surface area (Å²) in [4.78, 5) is 4.87. The van der Waals surface area contributed by atoms with Gasteiger partial charge < -0.3 is 18.3 Å². The van der Waals surface area contributed by atoms with E-state index >= 15 is 0 Å². The number of ether oxygens (including phenoxy) is 1. The molecule has 13 rings (SSSR count). The van der Waals surface area contributed by atoms with Gasteiger partial charge in [-0.15, -0.1) is 29.7 Å². The summed E-state index contributed by atoms with van der Waals surface area (Å²) < 4.78 is 19.9. The summed E-state index contributed by atoms with van der Waals surface area (Å²) in [7, 11) is 0. The van der Waals surface area contributed by atoms with Crippen LogP contribution in [0.3, 0.4) is 0 Å². The summed E-state index contributed by atoms with van der Waals surface area (Å²) in [5.41, 5.74) is 15.3. The molecule has 7 heteroatoms. The van der Waals surface area contributed by atoms with Crippen molar-refractivity contribution in [3.63, 3.8) is 0 Å². The van der Waals surface area contributed by atoms with E-state index in [0.717, 1.165) is 99.8 Å². The van der Waals surface area contributed by atoms with E-state index in [1.807, 2.05) is 30.5 Å². The number of fused-ring (bicyclic) bond motifs is 14. The molecule has 0 bridgehead atoms. The van der Waals surface area contributed by atoms with E-state index < -0.39 is 0 Å². The maximum Gasteiger partial charge on any atom is 0.268 e. The zero-order chi connectivity index (χ0) is 42.7.